The lowest BCUT2D eigenvalue weighted by atomic mass is 10.0. The summed E-state index contributed by atoms with van der Waals surface area (Å²) in [5.74, 6) is 0.625. The van der Waals surface area contributed by atoms with Crippen molar-refractivity contribution in [1.29, 1.82) is 0 Å². The molecule has 18 heavy (non-hydrogen) atoms. The maximum atomic E-state index is 11.3. The molecule has 0 amide bonds. The molecule has 0 aliphatic carbocycles. The van der Waals surface area contributed by atoms with Crippen molar-refractivity contribution in [2.45, 2.75) is 27.2 Å². The first-order valence-electron chi connectivity index (χ1n) is 6.15. The standard InChI is InChI=1S/C15H17NO2/c1-9(2)8-11-4-6-12(7-5-11)16-13-10(3)14(17)15(13)18/h4-7,9,16H,8H2,1-3H3. The first kappa shape index (κ1) is 12.6. The number of hydrogen-bond acceptors (Lipinski definition) is 3. The minimum atomic E-state index is -0.418. The van der Waals surface area contributed by atoms with Crippen LogP contribution in [0.4, 0.5) is 11.4 Å². The highest BCUT2D eigenvalue weighted by molar-refractivity contribution is 5.65. The quantitative estimate of drug-likeness (QED) is 0.839. The van der Waals surface area contributed by atoms with Gasteiger partial charge in [0.15, 0.2) is 0 Å². The zero-order valence-corrected chi connectivity index (χ0v) is 10.9. The van der Waals surface area contributed by atoms with E-state index in [1.54, 1.807) is 6.92 Å². The van der Waals surface area contributed by atoms with Gasteiger partial charge in [0.1, 0.15) is 0 Å². The first-order chi connectivity index (χ1) is 8.49. The number of benzene rings is 1. The molecule has 1 N–H and O–H groups in total. The van der Waals surface area contributed by atoms with Crippen LogP contribution in [-0.2, 0) is 6.42 Å². The second-order valence-corrected chi connectivity index (χ2v) is 5.08. The Morgan fingerprint density at radius 1 is 1.06 bits per heavy atom. The van der Waals surface area contributed by atoms with Crippen LogP contribution in [0.15, 0.2) is 33.9 Å². The molecule has 3 heteroatoms. The third-order valence-corrected chi connectivity index (χ3v) is 3.02. The van der Waals surface area contributed by atoms with Crippen LogP contribution in [-0.4, -0.2) is 0 Å². The summed E-state index contributed by atoms with van der Waals surface area (Å²) in [5, 5.41) is 3.00. The Morgan fingerprint density at radius 3 is 2.17 bits per heavy atom. The van der Waals surface area contributed by atoms with Crippen molar-refractivity contribution in [1.82, 2.24) is 0 Å². The predicted octanol–water partition coefficient (Wildman–Crippen LogP) is 2.53. The van der Waals surface area contributed by atoms with Crippen LogP contribution in [0.1, 0.15) is 25.0 Å². The van der Waals surface area contributed by atoms with E-state index in [0.29, 0.717) is 17.2 Å². The molecule has 0 fully saturated rings. The maximum Gasteiger partial charge on any atom is 0.249 e. The van der Waals surface area contributed by atoms with E-state index < -0.39 is 5.43 Å². The third kappa shape index (κ3) is 2.35. The van der Waals surface area contributed by atoms with E-state index in [9.17, 15) is 9.59 Å². The average molecular weight is 243 g/mol. The average Bonchev–Trinajstić information content (AvgIpc) is 2.36. The molecule has 0 aliphatic rings. The summed E-state index contributed by atoms with van der Waals surface area (Å²) in [6.45, 7) is 6.02. The van der Waals surface area contributed by atoms with Crippen LogP contribution in [0.25, 0.3) is 0 Å². The first-order valence-corrected chi connectivity index (χ1v) is 6.15. The Labute approximate surface area is 106 Å². The Kier molecular flexibility index (Phi) is 3.32. The smallest absolute Gasteiger partial charge is 0.249 e. The molecule has 0 aromatic heterocycles. The van der Waals surface area contributed by atoms with Gasteiger partial charge in [-0.2, -0.15) is 0 Å². The molecule has 0 aliphatic heterocycles. The van der Waals surface area contributed by atoms with E-state index in [1.165, 1.54) is 5.56 Å². The van der Waals surface area contributed by atoms with E-state index in [0.717, 1.165) is 12.1 Å². The molecule has 0 spiro atoms. The minimum Gasteiger partial charge on any atom is -0.352 e. The Morgan fingerprint density at radius 2 is 1.67 bits per heavy atom. The van der Waals surface area contributed by atoms with Gasteiger partial charge in [-0.15, -0.1) is 0 Å². The summed E-state index contributed by atoms with van der Waals surface area (Å²) in [6.07, 6.45) is 1.04. The highest BCUT2D eigenvalue weighted by atomic mass is 16.2. The number of anilines is 2. The van der Waals surface area contributed by atoms with Crippen LogP contribution in [0, 0.1) is 12.8 Å². The van der Waals surface area contributed by atoms with Gasteiger partial charge in [-0.1, -0.05) is 26.0 Å². The van der Waals surface area contributed by atoms with Crippen molar-refractivity contribution in [3.8, 4) is 0 Å². The normalized spacial score (nSPS) is 11.1. The van der Waals surface area contributed by atoms with E-state index in [-0.39, 0.29) is 5.43 Å². The minimum absolute atomic E-state index is 0.381. The lowest BCUT2D eigenvalue weighted by molar-refractivity contribution is 0.647. The summed E-state index contributed by atoms with van der Waals surface area (Å²) in [7, 11) is 0. The van der Waals surface area contributed by atoms with Crippen molar-refractivity contribution in [3.05, 3.63) is 55.8 Å². The molecule has 2 rings (SSSR count). The Balaban J connectivity index is 2.12. The van der Waals surface area contributed by atoms with Crippen LogP contribution >= 0.6 is 0 Å². The molecule has 2 aromatic carbocycles. The molecule has 0 bridgehead atoms. The fourth-order valence-corrected chi connectivity index (χ4v) is 2.00. The SMILES string of the molecule is Cc1c(Nc2ccc(CC(C)C)cc2)c(=O)c1=O. The maximum absolute atomic E-state index is 11.3. The Hall–Kier alpha value is -1.90. The van der Waals surface area contributed by atoms with Crippen molar-refractivity contribution in [3.63, 3.8) is 0 Å². The van der Waals surface area contributed by atoms with Gasteiger partial charge in [0, 0.05) is 11.3 Å². The predicted molar refractivity (Wildman–Crippen MR) is 74.4 cm³/mol. The molecule has 0 unspecified atom stereocenters. The highest BCUT2D eigenvalue weighted by Gasteiger charge is 2.16. The van der Waals surface area contributed by atoms with E-state index in [1.807, 2.05) is 24.3 Å². The largest absolute Gasteiger partial charge is 0.352 e. The van der Waals surface area contributed by atoms with E-state index in [2.05, 4.69) is 19.2 Å². The summed E-state index contributed by atoms with van der Waals surface area (Å²) in [5.41, 5.74) is 2.27. The zero-order chi connectivity index (χ0) is 13.3. The highest BCUT2D eigenvalue weighted by Crippen LogP contribution is 2.17. The Bertz CT molecular complexity index is 617. The molecule has 3 nitrogen and oxygen atoms in total. The van der Waals surface area contributed by atoms with Gasteiger partial charge in [-0.05, 0) is 37.0 Å². The fraction of sp³-hybridized carbons (Fsp3) is 0.333. The molecule has 0 atom stereocenters. The summed E-state index contributed by atoms with van der Waals surface area (Å²) < 4.78 is 0. The van der Waals surface area contributed by atoms with Crippen LogP contribution in [0.5, 0.6) is 0 Å². The summed E-state index contributed by atoms with van der Waals surface area (Å²) in [4.78, 5) is 22.4. The molecule has 0 saturated carbocycles. The van der Waals surface area contributed by atoms with Gasteiger partial charge >= 0.3 is 0 Å². The van der Waals surface area contributed by atoms with Crippen molar-refractivity contribution < 1.29 is 0 Å². The third-order valence-electron chi connectivity index (χ3n) is 3.02. The lowest BCUT2D eigenvalue weighted by Crippen LogP contribution is -2.36. The van der Waals surface area contributed by atoms with Gasteiger partial charge in [-0.25, -0.2) is 0 Å². The van der Waals surface area contributed by atoms with Gasteiger partial charge in [0.25, 0.3) is 0 Å². The number of hydrogen-bond donors (Lipinski definition) is 1. The molecule has 94 valence electrons. The topological polar surface area (TPSA) is 46.2 Å². The lowest BCUT2D eigenvalue weighted by Gasteiger charge is -2.11. The molecular weight excluding hydrogens is 226 g/mol. The van der Waals surface area contributed by atoms with Gasteiger partial charge in [0.2, 0.25) is 10.9 Å². The van der Waals surface area contributed by atoms with Gasteiger partial charge < -0.3 is 5.32 Å². The van der Waals surface area contributed by atoms with Crippen LogP contribution in [0.2, 0.25) is 0 Å². The van der Waals surface area contributed by atoms with Crippen LogP contribution in [0.3, 0.4) is 0 Å². The summed E-state index contributed by atoms with van der Waals surface area (Å²) >= 11 is 0. The van der Waals surface area contributed by atoms with Crippen molar-refractivity contribution >= 4 is 11.4 Å². The summed E-state index contributed by atoms with van der Waals surface area (Å²) in [6, 6.07) is 7.97. The van der Waals surface area contributed by atoms with E-state index >= 15 is 0 Å². The molecule has 0 radical (unpaired) electrons. The fourth-order valence-electron chi connectivity index (χ4n) is 2.00. The molecule has 2 aromatic rings. The van der Waals surface area contributed by atoms with Crippen LogP contribution < -0.4 is 16.2 Å². The molecule has 0 saturated heterocycles. The monoisotopic (exact) mass is 243 g/mol. The second-order valence-electron chi connectivity index (χ2n) is 5.08. The molecular formula is C15H17NO2. The zero-order valence-electron chi connectivity index (χ0n) is 10.9. The molecule has 0 heterocycles. The van der Waals surface area contributed by atoms with Crippen molar-refractivity contribution in [2.24, 2.45) is 5.92 Å². The van der Waals surface area contributed by atoms with E-state index in [4.69, 9.17) is 0 Å². The number of rotatable bonds is 4. The number of nitrogens with one attached hydrogen (secondary N) is 1. The van der Waals surface area contributed by atoms with Gasteiger partial charge in [0.05, 0.1) is 5.69 Å². The van der Waals surface area contributed by atoms with Gasteiger partial charge in [-0.3, -0.25) is 9.59 Å². The second kappa shape index (κ2) is 4.77. The van der Waals surface area contributed by atoms with Crippen molar-refractivity contribution in [2.75, 3.05) is 5.32 Å².